The molecule has 2 aromatic rings. The number of carbonyl (C=O) groups is 1. The predicted octanol–water partition coefficient (Wildman–Crippen LogP) is 3.24. The minimum absolute atomic E-state index is 0.0293. The zero-order valence-corrected chi connectivity index (χ0v) is 11.1. The zero-order valence-electron chi connectivity index (χ0n) is 11.1. The zero-order chi connectivity index (χ0) is 13.0. The summed E-state index contributed by atoms with van der Waals surface area (Å²) in [6.07, 6.45) is 3.35. The normalized spacial score (nSPS) is 10.2. The van der Waals surface area contributed by atoms with Crippen LogP contribution in [0.4, 0.5) is 0 Å². The van der Waals surface area contributed by atoms with Gasteiger partial charge >= 0.3 is 0 Å². The second-order valence-corrected chi connectivity index (χ2v) is 3.88. The van der Waals surface area contributed by atoms with E-state index in [1.54, 1.807) is 12.4 Å². The Morgan fingerprint density at radius 3 is 2.47 bits per heavy atom. The number of rotatable bonds is 2. The molecule has 4 heteroatoms. The molecule has 2 heterocycles. The predicted molar refractivity (Wildman–Crippen MR) is 69.3 cm³/mol. The Bertz CT molecular complexity index is 514. The SMILES string of the molecule is CC.CC(=O)c1cnc2c(cnn2C(C)C)c1. The first kappa shape index (κ1) is 13.4. The summed E-state index contributed by atoms with van der Waals surface area (Å²) >= 11 is 0. The summed E-state index contributed by atoms with van der Waals surface area (Å²) in [7, 11) is 0. The number of nitrogens with zero attached hydrogens (tertiary/aromatic N) is 3. The molecule has 0 aliphatic carbocycles. The fraction of sp³-hybridized carbons (Fsp3) is 0.462. The van der Waals surface area contributed by atoms with Crippen molar-refractivity contribution in [1.29, 1.82) is 0 Å². The van der Waals surface area contributed by atoms with Gasteiger partial charge in [0.2, 0.25) is 0 Å². The van der Waals surface area contributed by atoms with Crippen LogP contribution in [0.15, 0.2) is 18.5 Å². The van der Waals surface area contributed by atoms with Crippen LogP contribution >= 0.6 is 0 Å². The van der Waals surface area contributed by atoms with E-state index in [9.17, 15) is 4.79 Å². The first-order valence-electron chi connectivity index (χ1n) is 5.94. The third kappa shape index (κ3) is 2.70. The minimum atomic E-state index is 0.0293. The van der Waals surface area contributed by atoms with Gasteiger partial charge in [-0.25, -0.2) is 9.67 Å². The monoisotopic (exact) mass is 233 g/mol. The van der Waals surface area contributed by atoms with Crippen LogP contribution in [-0.2, 0) is 0 Å². The molecule has 0 saturated heterocycles. The third-order valence-corrected chi connectivity index (χ3v) is 2.33. The summed E-state index contributed by atoms with van der Waals surface area (Å²) in [6, 6.07) is 2.11. The Hall–Kier alpha value is -1.71. The molecule has 0 spiro atoms. The number of hydrogen-bond donors (Lipinski definition) is 0. The summed E-state index contributed by atoms with van der Waals surface area (Å²) in [5, 5.41) is 5.15. The van der Waals surface area contributed by atoms with Gasteiger partial charge in [0, 0.05) is 23.2 Å². The molecule has 0 aliphatic heterocycles. The number of fused-ring (bicyclic) bond motifs is 1. The summed E-state index contributed by atoms with van der Waals surface area (Å²) in [4.78, 5) is 15.4. The topological polar surface area (TPSA) is 47.8 Å². The lowest BCUT2D eigenvalue weighted by molar-refractivity contribution is 0.101. The fourth-order valence-corrected chi connectivity index (χ4v) is 1.51. The van der Waals surface area contributed by atoms with Gasteiger partial charge in [0.25, 0.3) is 0 Å². The molecule has 2 rings (SSSR count). The lowest BCUT2D eigenvalue weighted by Gasteiger charge is -2.05. The first-order valence-corrected chi connectivity index (χ1v) is 5.94. The van der Waals surface area contributed by atoms with Gasteiger partial charge in [0.05, 0.1) is 6.20 Å². The van der Waals surface area contributed by atoms with E-state index < -0.39 is 0 Å². The Morgan fingerprint density at radius 2 is 1.94 bits per heavy atom. The van der Waals surface area contributed by atoms with Crippen molar-refractivity contribution in [1.82, 2.24) is 14.8 Å². The van der Waals surface area contributed by atoms with Gasteiger partial charge in [0.1, 0.15) is 0 Å². The van der Waals surface area contributed by atoms with Crippen LogP contribution < -0.4 is 0 Å². The molecule has 2 aromatic heterocycles. The Kier molecular flexibility index (Phi) is 4.37. The number of ketones is 1. The third-order valence-electron chi connectivity index (χ3n) is 2.33. The average molecular weight is 233 g/mol. The van der Waals surface area contributed by atoms with Crippen LogP contribution in [0.25, 0.3) is 11.0 Å². The van der Waals surface area contributed by atoms with E-state index in [0.29, 0.717) is 5.56 Å². The van der Waals surface area contributed by atoms with Gasteiger partial charge in [-0.1, -0.05) is 13.8 Å². The first-order chi connectivity index (χ1) is 8.09. The summed E-state index contributed by atoms with van der Waals surface area (Å²) < 4.78 is 1.85. The number of carbonyl (C=O) groups excluding carboxylic acids is 1. The van der Waals surface area contributed by atoms with E-state index in [1.165, 1.54) is 6.92 Å². The van der Waals surface area contributed by atoms with Gasteiger partial charge in [0.15, 0.2) is 11.4 Å². The van der Waals surface area contributed by atoms with Crippen molar-refractivity contribution in [3.05, 3.63) is 24.0 Å². The van der Waals surface area contributed by atoms with Crippen molar-refractivity contribution < 1.29 is 4.79 Å². The van der Waals surface area contributed by atoms with Gasteiger partial charge < -0.3 is 0 Å². The molecule has 17 heavy (non-hydrogen) atoms. The molecule has 0 atom stereocenters. The molecule has 4 nitrogen and oxygen atoms in total. The van der Waals surface area contributed by atoms with Crippen LogP contribution in [-0.4, -0.2) is 20.5 Å². The van der Waals surface area contributed by atoms with Crippen LogP contribution in [0.3, 0.4) is 0 Å². The summed E-state index contributed by atoms with van der Waals surface area (Å²) in [5.74, 6) is 0.0293. The smallest absolute Gasteiger partial charge is 0.161 e. The molecule has 0 bridgehead atoms. The maximum absolute atomic E-state index is 11.2. The molecule has 0 unspecified atom stereocenters. The molecule has 0 N–H and O–H groups in total. The molecule has 0 saturated carbocycles. The van der Waals surface area contributed by atoms with E-state index in [1.807, 2.05) is 38.4 Å². The second kappa shape index (κ2) is 5.57. The van der Waals surface area contributed by atoms with Gasteiger partial charge in [-0.15, -0.1) is 0 Å². The number of Topliss-reactive ketones (excluding diaryl/α,β-unsaturated/α-hetero) is 1. The number of aromatic nitrogens is 3. The molecule has 0 amide bonds. The van der Waals surface area contributed by atoms with Gasteiger partial charge in [-0.3, -0.25) is 4.79 Å². The molecule has 0 radical (unpaired) electrons. The molecule has 0 fully saturated rings. The van der Waals surface area contributed by atoms with Crippen LogP contribution in [0.1, 0.15) is 51.0 Å². The molecule has 0 aromatic carbocycles. The van der Waals surface area contributed by atoms with Crippen molar-refractivity contribution in [2.24, 2.45) is 0 Å². The van der Waals surface area contributed by atoms with Crippen LogP contribution in [0, 0.1) is 0 Å². The molecule has 0 aliphatic rings. The van der Waals surface area contributed by atoms with Crippen LogP contribution in [0.2, 0.25) is 0 Å². The Balaban J connectivity index is 0.000000686. The standard InChI is InChI=1S/C11H13N3O.C2H6/c1-7(2)14-11-10(6-13-14)4-9(5-12-11)8(3)15;1-2/h4-7H,1-3H3;1-2H3. The van der Waals surface area contributed by atoms with E-state index in [4.69, 9.17) is 0 Å². The highest BCUT2D eigenvalue weighted by Gasteiger charge is 2.08. The summed E-state index contributed by atoms with van der Waals surface area (Å²) in [6.45, 7) is 9.63. The van der Waals surface area contributed by atoms with Crippen molar-refractivity contribution in [3.8, 4) is 0 Å². The van der Waals surface area contributed by atoms with Crippen molar-refractivity contribution in [3.63, 3.8) is 0 Å². The van der Waals surface area contributed by atoms with Crippen molar-refractivity contribution >= 4 is 16.8 Å². The largest absolute Gasteiger partial charge is 0.294 e. The molecular weight excluding hydrogens is 214 g/mol. The Morgan fingerprint density at radius 1 is 1.29 bits per heavy atom. The minimum Gasteiger partial charge on any atom is -0.294 e. The van der Waals surface area contributed by atoms with E-state index in [2.05, 4.69) is 10.1 Å². The highest BCUT2D eigenvalue weighted by atomic mass is 16.1. The van der Waals surface area contributed by atoms with Crippen molar-refractivity contribution in [2.75, 3.05) is 0 Å². The lowest BCUT2D eigenvalue weighted by atomic mass is 10.2. The fourth-order valence-electron chi connectivity index (χ4n) is 1.51. The Labute approximate surface area is 102 Å². The second-order valence-electron chi connectivity index (χ2n) is 3.88. The number of pyridine rings is 1. The quantitative estimate of drug-likeness (QED) is 0.748. The molecular formula is C13H19N3O. The van der Waals surface area contributed by atoms with Gasteiger partial charge in [-0.2, -0.15) is 5.10 Å². The highest BCUT2D eigenvalue weighted by Crippen LogP contribution is 2.16. The lowest BCUT2D eigenvalue weighted by Crippen LogP contribution is -2.03. The maximum atomic E-state index is 11.2. The molecule has 92 valence electrons. The van der Waals surface area contributed by atoms with E-state index in [-0.39, 0.29) is 11.8 Å². The number of hydrogen-bond acceptors (Lipinski definition) is 3. The van der Waals surface area contributed by atoms with E-state index >= 15 is 0 Å². The average Bonchev–Trinajstić information content (AvgIpc) is 2.74. The summed E-state index contributed by atoms with van der Waals surface area (Å²) in [5.41, 5.74) is 1.46. The van der Waals surface area contributed by atoms with E-state index in [0.717, 1.165) is 11.0 Å². The highest BCUT2D eigenvalue weighted by molar-refractivity contribution is 5.96. The van der Waals surface area contributed by atoms with Crippen molar-refractivity contribution in [2.45, 2.75) is 40.7 Å². The maximum Gasteiger partial charge on any atom is 0.161 e. The van der Waals surface area contributed by atoms with Crippen LogP contribution in [0.5, 0.6) is 0 Å². The van der Waals surface area contributed by atoms with Gasteiger partial charge in [-0.05, 0) is 26.8 Å².